The van der Waals surface area contributed by atoms with Gasteiger partial charge in [-0.1, -0.05) is 100 Å². The summed E-state index contributed by atoms with van der Waals surface area (Å²) in [7, 11) is -4.30. The van der Waals surface area contributed by atoms with Gasteiger partial charge in [-0.3, -0.25) is 13.9 Å². The molecule has 0 aromatic heterocycles. The van der Waals surface area contributed by atoms with E-state index in [0.717, 1.165) is 15.4 Å². The Morgan fingerprint density at radius 3 is 2.04 bits per heavy atom. The molecule has 0 bridgehead atoms. The fourth-order valence-electron chi connectivity index (χ4n) is 4.73. The van der Waals surface area contributed by atoms with Gasteiger partial charge < -0.3 is 10.2 Å². The molecule has 0 saturated carbocycles. The summed E-state index contributed by atoms with van der Waals surface area (Å²) >= 11 is 25.0. The topological polar surface area (TPSA) is 86.8 Å². The van der Waals surface area contributed by atoms with Crippen LogP contribution in [0.2, 0.25) is 20.1 Å². The summed E-state index contributed by atoms with van der Waals surface area (Å²) in [5.74, 6) is -1.03. The molecule has 236 valence electrons. The van der Waals surface area contributed by atoms with E-state index in [1.54, 1.807) is 37.3 Å². The second-order valence-electron chi connectivity index (χ2n) is 10.3. The first-order valence-electron chi connectivity index (χ1n) is 14.0. The number of benzene rings is 4. The van der Waals surface area contributed by atoms with E-state index < -0.39 is 34.4 Å². The van der Waals surface area contributed by atoms with Crippen LogP contribution in [0.3, 0.4) is 0 Å². The molecule has 45 heavy (non-hydrogen) atoms. The van der Waals surface area contributed by atoms with Crippen LogP contribution in [0.1, 0.15) is 23.6 Å². The van der Waals surface area contributed by atoms with Crippen LogP contribution in [0.15, 0.2) is 95.9 Å². The number of nitrogens with zero attached hydrogens (tertiary/aromatic N) is 2. The highest BCUT2D eigenvalue weighted by Gasteiger charge is 2.34. The van der Waals surface area contributed by atoms with Gasteiger partial charge in [0.1, 0.15) is 12.6 Å². The monoisotopic (exact) mass is 705 g/mol. The molecule has 0 saturated heterocycles. The number of hydrogen-bond acceptors (Lipinski definition) is 4. The van der Waals surface area contributed by atoms with Crippen LogP contribution in [0.5, 0.6) is 0 Å². The van der Waals surface area contributed by atoms with Crippen molar-refractivity contribution in [3.05, 3.63) is 128 Å². The second-order valence-corrected chi connectivity index (χ2v) is 13.9. The van der Waals surface area contributed by atoms with Gasteiger partial charge in [0.25, 0.3) is 10.0 Å². The van der Waals surface area contributed by atoms with Gasteiger partial charge in [-0.2, -0.15) is 0 Å². The van der Waals surface area contributed by atoms with Gasteiger partial charge in [0, 0.05) is 29.6 Å². The number of carbonyl (C=O) groups excluding carboxylic acids is 2. The number of halogens is 4. The predicted molar refractivity (Wildman–Crippen MR) is 182 cm³/mol. The lowest BCUT2D eigenvalue weighted by atomic mass is 10.0. The van der Waals surface area contributed by atoms with Crippen LogP contribution >= 0.6 is 46.4 Å². The van der Waals surface area contributed by atoms with E-state index in [1.807, 2.05) is 37.3 Å². The van der Waals surface area contributed by atoms with Crippen LogP contribution in [0.25, 0.3) is 0 Å². The summed E-state index contributed by atoms with van der Waals surface area (Å²) < 4.78 is 29.2. The summed E-state index contributed by atoms with van der Waals surface area (Å²) in [6.45, 7) is 3.23. The molecule has 1 atom stereocenters. The average Bonchev–Trinajstić information content (AvgIpc) is 2.99. The third-order valence-corrected chi connectivity index (χ3v) is 9.95. The van der Waals surface area contributed by atoms with Crippen molar-refractivity contribution < 1.29 is 18.0 Å². The Bertz CT molecular complexity index is 1750. The zero-order chi connectivity index (χ0) is 32.7. The van der Waals surface area contributed by atoms with Crippen LogP contribution in [0.4, 0.5) is 5.69 Å². The highest BCUT2D eigenvalue weighted by molar-refractivity contribution is 7.92. The van der Waals surface area contributed by atoms with Crippen molar-refractivity contribution in [3.8, 4) is 0 Å². The number of aryl methyl sites for hydroxylation is 1. The Hall–Kier alpha value is -3.27. The molecule has 4 aromatic rings. The van der Waals surface area contributed by atoms with Gasteiger partial charge in [0.15, 0.2) is 0 Å². The van der Waals surface area contributed by atoms with Crippen molar-refractivity contribution in [1.82, 2.24) is 10.2 Å². The van der Waals surface area contributed by atoms with E-state index in [0.29, 0.717) is 17.1 Å². The highest BCUT2D eigenvalue weighted by atomic mass is 35.5. The normalized spacial score (nSPS) is 12.0. The largest absolute Gasteiger partial charge is 0.355 e. The number of amides is 2. The summed E-state index contributed by atoms with van der Waals surface area (Å²) in [5.41, 5.74) is 2.36. The first kappa shape index (κ1) is 34.6. The van der Waals surface area contributed by atoms with Crippen molar-refractivity contribution >= 4 is 73.9 Å². The minimum absolute atomic E-state index is 0.0300. The summed E-state index contributed by atoms with van der Waals surface area (Å²) in [6.07, 6.45) is 0.174. The van der Waals surface area contributed by atoms with Gasteiger partial charge in [-0.25, -0.2) is 8.42 Å². The van der Waals surface area contributed by atoms with Crippen LogP contribution in [0, 0.1) is 6.92 Å². The molecular weight excluding hydrogens is 676 g/mol. The van der Waals surface area contributed by atoms with Gasteiger partial charge in [-0.05, 0) is 67.4 Å². The molecule has 0 heterocycles. The van der Waals surface area contributed by atoms with Gasteiger partial charge in [0.2, 0.25) is 11.8 Å². The molecule has 0 aliphatic heterocycles. The molecular formula is C33H31Cl4N3O4S. The zero-order valence-electron chi connectivity index (χ0n) is 24.5. The number of anilines is 1. The summed E-state index contributed by atoms with van der Waals surface area (Å²) in [5, 5.41) is 3.80. The van der Waals surface area contributed by atoms with Crippen molar-refractivity contribution in [2.24, 2.45) is 0 Å². The molecule has 12 heteroatoms. The molecule has 0 unspecified atom stereocenters. The summed E-state index contributed by atoms with van der Waals surface area (Å²) in [4.78, 5) is 29.4. The van der Waals surface area contributed by atoms with Crippen molar-refractivity contribution in [1.29, 1.82) is 0 Å². The standard InChI is InChI=1S/C33H31Cl4N3O4S/c1-3-38-33(42)31(16-23-7-5-4-6-8-23)39(20-24-11-14-29(36)30(37)15-24)32(41)21-40(27-18-25(34)17-26(35)19-27)45(43,44)28-12-9-22(2)10-13-28/h4-15,17-19,31H,3,16,20-21H2,1-2H3,(H,38,42)/t31-/m0/s1. The molecule has 2 amide bonds. The fraction of sp³-hybridized carbons (Fsp3) is 0.212. The van der Waals surface area contributed by atoms with E-state index in [4.69, 9.17) is 46.4 Å². The molecule has 1 N–H and O–H groups in total. The molecule has 0 aliphatic carbocycles. The van der Waals surface area contributed by atoms with E-state index in [9.17, 15) is 18.0 Å². The number of carbonyl (C=O) groups is 2. The maximum atomic E-state index is 14.4. The third-order valence-electron chi connectivity index (χ3n) is 6.98. The first-order chi connectivity index (χ1) is 21.4. The van der Waals surface area contributed by atoms with E-state index in [-0.39, 0.29) is 38.6 Å². The van der Waals surface area contributed by atoms with Crippen LogP contribution in [-0.4, -0.2) is 44.3 Å². The van der Waals surface area contributed by atoms with Gasteiger partial charge in [0.05, 0.1) is 20.6 Å². The maximum absolute atomic E-state index is 14.4. The Balaban J connectivity index is 1.83. The SMILES string of the molecule is CCNC(=O)[C@H](Cc1ccccc1)N(Cc1ccc(Cl)c(Cl)c1)C(=O)CN(c1cc(Cl)cc(Cl)c1)S(=O)(=O)c1ccc(C)cc1. The smallest absolute Gasteiger partial charge is 0.264 e. The highest BCUT2D eigenvalue weighted by Crippen LogP contribution is 2.31. The molecule has 0 fully saturated rings. The zero-order valence-corrected chi connectivity index (χ0v) is 28.4. The number of rotatable bonds is 12. The van der Waals surface area contributed by atoms with Crippen LogP contribution in [-0.2, 0) is 32.6 Å². The van der Waals surface area contributed by atoms with E-state index in [2.05, 4.69) is 5.32 Å². The molecule has 0 spiro atoms. The maximum Gasteiger partial charge on any atom is 0.264 e. The first-order valence-corrected chi connectivity index (χ1v) is 16.9. The Morgan fingerprint density at radius 2 is 1.44 bits per heavy atom. The number of hydrogen-bond donors (Lipinski definition) is 1. The van der Waals surface area contributed by atoms with Gasteiger partial charge >= 0.3 is 0 Å². The van der Waals surface area contributed by atoms with Crippen molar-refractivity contribution in [2.45, 2.75) is 37.8 Å². The number of likely N-dealkylation sites (N-methyl/N-ethyl adjacent to an activating group) is 1. The minimum Gasteiger partial charge on any atom is -0.355 e. The third kappa shape index (κ3) is 8.93. The number of nitrogens with one attached hydrogen (secondary N) is 1. The van der Waals surface area contributed by atoms with Crippen LogP contribution < -0.4 is 9.62 Å². The Morgan fingerprint density at radius 1 is 0.800 bits per heavy atom. The second kappa shape index (κ2) is 15.3. The molecule has 0 aliphatic rings. The average molecular weight is 708 g/mol. The van der Waals surface area contributed by atoms with Crippen molar-refractivity contribution in [3.63, 3.8) is 0 Å². The lowest BCUT2D eigenvalue weighted by molar-refractivity contribution is -0.140. The van der Waals surface area contributed by atoms with E-state index >= 15 is 0 Å². The fourth-order valence-corrected chi connectivity index (χ4v) is 6.96. The lowest BCUT2D eigenvalue weighted by Gasteiger charge is -2.34. The van der Waals surface area contributed by atoms with E-state index in [1.165, 1.54) is 35.2 Å². The molecule has 0 radical (unpaired) electrons. The number of sulfonamides is 1. The molecule has 4 rings (SSSR count). The summed E-state index contributed by atoms with van der Waals surface area (Å²) in [6, 6.07) is 23.7. The molecule has 4 aromatic carbocycles. The predicted octanol–water partition coefficient (Wildman–Crippen LogP) is 7.58. The van der Waals surface area contributed by atoms with Crippen molar-refractivity contribution in [2.75, 3.05) is 17.4 Å². The minimum atomic E-state index is -4.30. The molecule has 7 nitrogen and oxygen atoms in total. The quantitative estimate of drug-likeness (QED) is 0.165. The Labute approximate surface area is 283 Å². The van der Waals surface area contributed by atoms with Gasteiger partial charge in [-0.15, -0.1) is 0 Å². The Kier molecular flexibility index (Phi) is 11.8. The lowest BCUT2D eigenvalue weighted by Crippen LogP contribution is -2.53.